The first-order valence-electron chi connectivity index (χ1n) is 6.31. The van der Waals surface area contributed by atoms with Crippen LogP contribution >= 0.6 is 11.8 Å². The minimum atomic E-state index is 0.170. The minimum Gasteiger partial charge on any atom is -0.276 e. The summed E-state index contributed by atoms with van der Waals surface area (Å²) in [5.41, 5.74) is 5.43. The van der Waals surface area contributed by atoms with E-state index >= 15 is 0 Å². The van der Waals surface area contributed by atoms with Crippen LogP contribution < -0.4 is 11.3 Å². The maximum atomic E-state index is 5.72. The van der Waals surface area contributed by atoms with Gasteiger partial charge in [-0.15, -0.1) is 11.8 Å². The molecule has 0 radical (unpaired) electrons. The van der Waals surface area contributed by atoms with Crippen molar-refractivity contribution in [3.05, 3.63) is 47.8 Å². The monoisotopic (exact) mass is 276 g/mol. The van der Waals surface area contributed by atoms with Crippen molar-refractivity contribution >= 4 is 11.8 Å². The van der Waals surface area contributed by atoms with Crippen molar-refractivity contribution in [2.75, 3.05) is 6.26 Å². The van der Waals surface area contributed by atoms with Crippen LogP contribution in [0.3, 0.4) is 0 Å². The lowest BCUT2D eigenvalue weighted by Crippen LogP contribution is -2.28. The van der Waals surface area contributed by atoms with E-state index in [4.69, 9.17) is 5.84 Å². The second-order valence-electron chi connectivity index (χ2n) is 4.52. The predicted octanol–water partition coefficient (Wildman–Crippen LogP) is 2.28. The van der Waals surface area contributed by atoms with Crippen LogP contribution in [0.25, 0.3) is 0 Å². The molecule has 2 aromatic rings. The van der Waals surface area contributed by atoms with Crippen molar-refractivity contribution in [2.45, 2.75) is 23.8 Å². The number of aromatic nitrogens is 2. The summed E-state index contributed by atoms with van der Waals surface area (Å²) in [7, 11) is 1.94. The van der Waals surface area contributed by atoms with E-state index < -0.39 is 0 Å². The van der Waals surface area contributed by atoms with Gasteiger partial charge in [-0.25, -0.2) is 0 Å². The van der Waals surface area contributed by atoms with E-state index in [0.29, 0.717) is 0 Å². The number of hydrogen-bond acceptors (Lipinski definition) is 4. The standard InChI is InChI=1S/C14H20N4S/c1-18-10-11(9-16-18)7-8-13(17-15)12-5-3-4-6-14(12)19-2/h3-6,9-10,13,17H,7-8,15H2,1-2H3. The first-order chi connectivity index (χ1) is 9.24. The number of hydrazine groups is 1. The average molecular weight is 276 g/mol. The highest BCUT2D eigenvalue weighted by atomic mass is 32.2. The lowest BCUT2D eigenvalue weighted by atomic mass is 10.0. The SMILES string of the molecule is CSc1ccccc1C(CCc1cnn(C)c1)NN. The maximum Gasteiger partial charge on any atom is 0.0521 e. The van der Waals surface area contributed by atoms with Crippen molar-refractivity contribution < 1.29 is 0 Å². The molecular weight excluding hydrogens is 256 g/mol. The zero-order chi connectivity index (χ0) is 13.7. The molecule has 102 valence electrons. The van der Waals surface area contributed by atoms with E-state index in [9.17, 15) is 0 Å². The third-order valence-corrected chi connectivity index (χ3v) is 4.01. The molecule has 1 atom stereocenters. The lowest BCUT2D eigenvalue weighted by Gasteiger charge is -2.18. The van der Waals surface area contributed by atoms with Gasteiger partial charge in [0.25, 0.3) is 0 Å². The molecule has 0 saturated carbocycles. The van der Waals surface area contributed by atoms with Crippen LogP contribution in [0.2, 0.25) is 0 Å². The second kappa shape index (κ2) is 6.75. The third kappa shape index (κ3) is 3.59. The van der Waals surface area contributed by atoms with E-state index in [-0.39, 0.29) is 6.04 Å². The molecule has 0 amide bonds. The summed E-state index contributed by atoms with van der Waals surface area (Å²) in [6, 6.07) is 8.56. The Morgan fingerprint density at radius 1 is 1.42 bits per heavy atom. The van der Waals surface area contributed by atoms with E-state index in [2.05, 4.69) is 41.0 Å². The molecule has 2 rings (SSSR count). The number of nitrogens with one attached hydrogen (secondary N) is 1. The fourth-order valence-corrected chi connectivity index (χ4v) is 2.86. The Morgan fingerprint density at radius 2 is 2.21 bits per heavy atom. The van der Waals surface area contributed by atoms with Crippen molar-refractivity contribution in [1.29, 1.82) is 0 Å². The van der Waals surface area contributed by atoms with Gasteiger partial charge in [-0.05, 0) is 36.3 Å². The van der Waals surface area contributed by atoms with Crippen molar-refractivity contribution in [3.63, 3.8) is 0 Å². The summed E-state index contributed by atoms with van der Waals surface area (Å²) in [5.74, 6) is 5.72. The van der Waals surface area contributed by atoms with Gasteiger partial charge < -0.3 is 0 Å². The summed E-state index contributed by atoms with van der Waals surface area (Å²) in [4.78, 5) is 1.27. The second-order valence-corrected chi connectivity index (χ2v) is 5.37. The molecule has 4 nitrogen and oxygen atoms in total. The van der Waals surface area contributed by atoms with Crippen LogP contribution in [0.4, 0.5) is 0 Å². The summed E-state index contributed by atoms with van der Waals surface area (Å²) < 4.78 is 1.83. The molecule has 0 aliphatic heterocycles. The summed E-state index contributed by atoms with van der Waals surface area (Å²) in [5, 5.41) is 4.19. The van der Waals surface area contributed by atoms with Crippen molar-refractivity contribution in [3.8, 4) is 0 Å². The van der Waals surface area contributed by atoms with Crippen molar-refractivity contribution in [1.82, 2.24) is 15.2 Å². The smallest absolute Gasteiger partial charge is 0.0521 e. The number of benzene rings is 1. The summed E-state index contributed by atoms with van der Waals surface area (Å²) in [6.07, 6.45) is 7.97. The number of aryl methyl sites for hydroxylation is 2. The largest absolute Gasteiger partial charge is 0.276 e. The highest BCUT2D eigenvalue weighted by Gasteiger charge is 2.13. The summed E-state index contributed by atoms with van der Waals surface area (Å²) in [6.45, 7) is 0. The quantitative estimate of drug-likeness (QED) is 0.483. The van der Waals surface area contributed by atoms with E-state index in [1.807, 2.05) is 24.1 Å². The molecule has 1 heterocycles. The Hall–Kier alpha value is -1.30. The van der Waals surface area contributed by atoms with Gasteiger partial charge in [0, 0.05) is 24.2 Å². The van der Waals surface area contributed by atoms with Gasteiger partial charge in [-0.1, -0.05) is 18.2 Å². The van der Waals surface area contributed by atoms with Crippen LogP contribution in [0.5, 0.6) is 0 Å². The topological polar surface area (TPSA) is 55.9 Å². The fraction of sp³-hybridized carbons (Fsp3) is 0.357. The van der Waals surface area contributed by atoms with Gasteiger partial charge in [-0.3, -0.25) is 16.0 Å². The van der Waals surface area contributed by atoms with E-state index in [1.54, 1.807) is 11.8 Å². The molecule has 5 heteroatoms. The molecule has 3 N–H and O–H groups in total. The first kappa shape index (κ1) is 14.1. The van der Waals surface area contributed by atoms with Crippen LogP contribution in [0.1, 0.15) is 23.6 Å². The number of hydrogen-bond donors (Lipinski definition) is 2. The number of nitrogens with zero attached hydrogens (tertiary/aromatic N) is 2. The lowest BCUT2D eigenvalue weighted by molar-refractivity contribution is 0.509. The molecule has 1 unspecified atom stereocenters. The van der Waals surface area contributed by atoms with Gasteiger partial charge in [0.2, 0.25) is 0 Å². The number of thioether (sulfide) groups is 1. The molecule has 0 spiro atoms. The minimum absolute atomic E-state index is 0.170. The van der Waals surface area contributed by atoms with Gasteiger partial charge in [-0.2, -0.15) is 5.10 Å². The molecular formula is C14H20N4S. The van der Waals surface area contributed by atoms with Crippen LogP contribution in [0.15, 0.2) is 41.6 Å². The molecule has 19 heavy (non-hydrogen) atoms. The Bertz CT molecular complexity index is 524. The molecule has 0 aliphatic carbocycles. The van der Waals surface area contributed by atoms with Crippen molar-refractivity contribution in [2.24, 2.45) is 12.9 Å². The van der Waals surface area contributed by atoms with Crippen LogP contribution in [-0.2, 0) is 13.5 Å². The van der Waals surface area contributed by atoms with Crippen LogP contribution in [-0.4, -0.2) is 16.0 Å². The Kier molecular flexibility index (Phi) is 5.01. The van der Waals surface area contributed by atoms with Crippen LogP contribution in [0, 0.1) is 0 Å². The number of rotatable bonds is 6. The van der Waals surface area contributed by atoms with E-state index in [1.165, 1.54) is 16.0 Å². The normalized spacial score (nSPS) is 12.6. The number of nitrogens with two attached hydrogens (primary N) is 1. The van der Waals surface area contributed by atoms with E-state index in [0.717, 1.165) is 12.8 Å². The molecule has 1 aromatic heterocycles. The molecule has 0 aliphatic rings. The van der Waals surface area contributed by atoms with Gasteiger partial charge in [0.15, 0.2) is 0 Å². The Labute approximate surface area is 118 Å². The third-order valence-electron chi connectivity index (χ3n) is 3.20. The molecule has 0 fully saturated rings. The first-order valence-corrected chi connectivity index (χ1v) is 7.53. The highest BCUT2D eigenvalue weighted by Crippen LogP contribution is 2.27. The zero-order valence-corrected chi connectivity index (χ0v) is 12.2. The van der Waals surface area contributed by atoms with Gasteiger partial charge in [0.1, 0.15) is 0 Å². The molecule has 0 saturated heterocycles. The Morgan fingerprint density at radius 3 is 2.84 bits per heavy atom. The molecule has 1 aromatic carbocycles. The summed E-state index contributed by atoms with van der Waals surface area (Å²) >= 11 is 1.75. The average Bonchev–Trinajstić information content (AvgIpc) is 2.86. The van der Waals surface area contributed by atoms with Gasteiger partial charge >= 0.3 is 0 Å². The highest BCUT2D eigenvalue weighted by molar-refractivity contribution is 7.98. The fourth-order valence-electron chi connectivity index (χ4n) is 2.19. The maximum absolute atomic E-state index is 5.72. The van der Waals surface area contributed by atoms with Gasteiger partial charge in [0.05, 0.1) is 6.20 Å². The zero-order valence-electron chi connectivity index (χ0n) is 11.3. The Balaban J connectivity index is 2.07. The molecule has 0 bridgehead atoms. The predicted molar refractivity (Wildman–Crippen MR) is 79.8 cm³/mol.